The minimum atomic E-state index is -0.617. The zero-order valence-electron chi connectivity index (χ0n) is 10.5. The zero-order valence-corrected chi connectivity index (χ0v) is 12.8. The summed E-state index contributed by atoms with van der Waals surface area (Å²) in [4.78, 5) is 22.3. The number of anilines is 2. The van der Waals surface area contributed by atoms with Crippen molar-refractivity contribution in [2.75, 3.05) is 11.1 Å². The quantitative estimate of drug-likeness (QED) is 0.487. The topological polar surface area (TPSA) is 98.3 Å². The van der Waals surface area contributed by atoms with E-state index in [1.54, 1.807) is 12.1 Å². The fourth-order valence-corrected chi connectivity index (χ4v) is 2.26. The van der Waals surface area contributed by atoms with Gasteiger partial charge in [-0.25, -0.2) is 0 Å². The Morgan fingerprint density at radius 3 is 2.67 bits per heavy atom. The van der Waals surface area contributed by atoms with E-state index in [-0.39, 0.29) is 16.4 Å². The van der Waals surface area contributed by atoms with Crippen molar-refractivity contribution in [2.45, 2.75) is 0 Å². The lowest BCUT2D eigenvalue weighted by atomic mass is 10.2. The van der Waals surface area contributed by atoms with Crippen molar-refractivity contribution in [3.63, 3.8) is 0 Å². The minimum absolute atomic E-state index is 0.00290. The molecule has 0 saturated carbocycles. The number of nitrogens with zero attached hydrogens (tertiary/aromatic N) is 1. The summed E-state index contributed by atoms with van der Waals surface area (Å²) >= 11 is 8.96. The standard InChI is InChI=1S/C13H9BrClN3O3/c14-10-3-1-7(16)5-9(10)13(19)17-8-2-4-11(15)12(6-8)18(20)21/h1-6H,16H2,(H,17,19). The van der Waals surface area contributed by atoms with Gasteiger partial charge in [0.25, 0.3) is 11.6 Å². The van der Waals surface area contributed by atoms with Gasteiger partial charge in [0.1, 0.15) is 5.02 Å². The fraction of sp³-hybridized carbons (Fsp3) is 0. The zero-order chi connectivity index (χ0) is 15.6. The Hall–Kier alpha value is -2.12. The maximum Gasteiger partial charge on any atom is 0.289 e. The molecule has 8 heteroatoms. The third kappa shape index (κ3) is 3.50. The maximum atomic E-state index is 12.2. The Morgan fingerprint density at radius 1 is 1.29 bits per heavy atom. The first-order valence-corrected chi connectivity index (χ1v) is 6.86. The number of halogens is 2. The number of hydrogen-bond acceptors (Lipinski definition) is 4. The molecule has 0 saturated heterocycles. The van der Waals surface area contributed by atoms with Crippen LogP contribution in [0.1, 0.15) is 10.4 Å². The number of rotatable bonds is 3. The highest BCUT2D eigenvalue weighted by Gasteiger charge is 2.15. The molecule has 0 heterocycles. The van der Waals surface area contributed by atoms with Crippen molar-refractivity contribution in [1.82, 2.24) is 0 Å². The second-order valence-corrected chi connectivity index (χ2v) is 5.38. The van der Waals surface area contributed by atoms with Crippen LogP contribution in [0.4, 0.5) is 17.1 Å². The number of amides is 1. The van der Waals surface area contributed by atoms with Gasteiger partial charge in [-0.3, -0.25) is 14.9 Å². The summed E-state index contributed by atoms with van der Waals surface area (Å²) < 4.78 is 0.567. The van der Waals surface area contributed by atoms with Gasteiger partial charge in [0.15, 0.2) is 0 Å². The van der Waals surface area contributed by atoms with Gasteiger partial charge in [-0.15, -0.1) is 0 Å². The summed E-state index contributed by atoms with van der Waals surface area (Å²) in [5.74, 6) is -0.439. The SMILES string of the molecule is Nc1ccc(Br)c(C(=O)Nc2ccc(Cl)c([N+](=O)[O-])c2)c1. The Morgan fingerprint density at radius 2 is 2.00 bits per heavy atom. The van der Waals surface area contributed by atoms with Crippen molar-refractivity contribution in [3.8, 4) is 0 Å². The smallest absolute Gasteiger partial charge is 0.289 e. The molecular formula is C13H9BrClN3O3. The van der Waals surface area contributed by atoms with Crippen molar-refractivity contribution in [2.24, 2.45) is 0 Å². The molecule has 2 aromatic rings. The number of nitro groups is 1. The number of nitrogens with two attached hydrogens (primary N) is 1. The van der Waals surface area contributed by atoms with E-state index in [4.69, 9.17) is 17.3 Å². The van der Waals surface area contributed by atoms with Crippen LogP contribution in [0.15, 0.2) is 40.9 Å². The predicted molar refractivity (Wildman–Crippen MR) is 84.6 cm³/mol. The van der Waals surface area contributed by atoms with Gasteiger partial charge in [-0.05, 0) is 46.3 Å². The van der Waals surface area contributed by atoms with Crippen LogP contribution in [0, 0.1) is 10.1 Å². The summed E-state index contributed by atoms with van der Waals surface area (Å²) in [5, 5.41) is 13.4. The summed E-state index contributed by atoms with van der Waals surface area (Å²) in [6, 6.07) is 8.82. The maximum absolute atomic E-state index is 12.2. The molecule has 0 atom stereocenters. The van der Waals surface area contributed by atoms with Gasteiger partial charge in [0.2, 0.25) is 0 Å². The van der Waals surface area contributed by atoms with Crippen LogP contribution in [-0.4, -0.2) is 10.8 Å². The number of nitro benzene ring substituents is 1. The highest BCUT2D eigenvalue weighted by molar-refractivity contribution is 9.10. The second-order valence-electron chi connectivity index (χ2n) is 4.12. The van der Waals surface area contributed by atoms with E-state index in [1.165, 1.54) is 24.3 Å². The Bertz CT molecular complexity index is 737. The monoisotopic (exact) mass is 369 g/mol. The average Bonchev–Trinajstić information content (AvgIpc) is 2.43. The normalized spacial score (nSPS) is 10.2. The van der Waals surface area contributed by atoms with E-state index in [0.29, 0.717) is 15.7 Å². The van der Waals surface area contributed by atoms with Crippen molar-refractivity contribution < 1.29 is 9.72 Å². The molecule has 0 bridgehead atoms. The van der Waals surface area contributed by atoms with E-state index in [0.717, 1.165) is 0 Å². The molecule has 0 aliphatic rings. The molecule has 2 aromatic carbocycles. The van der Waals surface area contributed by atoms with Gasteiger partial charge in [0, 0.05) is 21.9 Å². The molecule has 0 unspecified atom stereocenters. The third-order valence-corrected chi connectivity index (χ3v) is 3.65. The lowest BCUT2D eigenvalue weighted by molar-refractivity contribution is -0.384. The van der Waals surface area contributed by atoms with Crippen LogP contribution in [0.3, 0.4) is 0 Å². The molecule has 0 aliphatic carbocycles. The largest absolute Gasteiger partial charge is 0.399 e. The lowest BCUT2D eigenvalue weighted by Gasteiger charge is -2.08. The number of benzene rings is 2. The van der Waals surface area contributed by atoms with Crippen LogP contribution >= 0.6 is 27.5 Å². The van der Waals surface area contributed by atoms with Crippen molar-refractivity contribution in [1.29, 1.82) is 0 Å². The number of carbonyl (C=O) groups is 1. The van der Waals surface area contributed by atoms with E-state index < -0.39 is 10.8 Å². The van der Waals surface area contributed by atoms with Gasteiger partial charge >= 0.3 is 0 Å². The third-order valence-electron chi connectivity index (χ3n) is 2.64. The first-order valence-electron chi connectivity index (χ1n) is 5.69. The molecule has 3 N–H and O–H groups in total. The van der Waals surface area contributed by atoms with Crippen LogP contribution < -0.4 is 11.1 Å². The Labute approximate surface area is 133 Å². The highest BCUT2D eigenvalue weighted by atomic mass is 79.9. The molecule has 0 radical (unpaired) electrons. The van der Waals surface area contributed by atoms with E-state index in [9.17, 15) is 14.9 Å². The van der Waals surface area contributed by atoms with Gasteiger partial charge < -0.3 is 11.1 Å². The minimum Gasteiger partial charge on any atom is -0.399 e. The fourth-order valence-electron chi connectivity index (χ4n) is 1.65. The second kappa shape index (κ2) is 6.11. The van der Waals surface area contributed by atoms with Crippen LogP contribution in [0.5, 0.6) is 0 Å². The molecule has 21 heavy (non-hydrogen) atoms. The van der Waals surface area contributed by atoms with Crippen molar-refractivity contribution >= 4 is 50.5 Å². The number of carbonyl (C=O) groups excluding carboxylic acids is 1. The van der Waals surface area contributed by atoms with E-state index in [2.05, 4.69) is 21.2 Å². The number of hydrogen-bond donors (Lipinski definition) is 2. The molecule has 0 fully saturated rings. The van der Waals surface area contributed by atoms with E-state index >= 15 is 0 Å². The molecule has 108 valence electrons. The number of nitrogens with one attached hydrogen (secondary N) is 1. The summed E-state index contributed by atoms with van der Waals surface area (Å²) in [6.07, 6.45) is 0. The van der Waals surface area contributed by atoms with Gasteiger partial charge in [-0.2, -0.15) is 0 Å². The molecular weight excluding hydrogens is 362 g/mol. The lowest BCUT2D eigenvalue weighted by Crippen LogP contribution is -2.13. The van der Waals surface area contributed by atoms with Crippen molar-refractivity contribution in [3.05, 3.63) is 61.6 Å². The Kier molecular flexibility index (Phi) is 4.44. The van der Waals surface area contributed by atoms with Crippen LogP contribution in [-0.2, 0) is 0 Å². The van der Waals surface area contributed by atoms with Crippen LogP contribution in [0.2, 0.25) is 5.02 Å². The summed E-state index contributed by atoms with van der Waals surface area (Å²) in [5.41, 5.74) is 6.39. The number of nitrogen functional groups attached to an aromatic ring is 1. The summed E-state index contributed by atoms with van der Waals surface area (Å²) in [6.45, 7) is 0. The Balaban J connectivity index is 2.29. The van der Waals surface area contributed by atoms with Gasteiger partial charge in [0.05, 0.1) is 10.5 Å². The molecule has 0 aliphatic heterocycles. The molecule has 6 nitrogen and oxygen atoms in total. The first kappa shape index (κ1) is 15.3. The predicted octanol–water partition coefficient (Wildman–Crippen LogP) is 3.85. The highest BCUT2D eigenvalue weighted by Crippen LogP contribution is 2.28. The van der Waals surface area contributed by atoms with Crippen LogP contribution in [0.25, 0.3) is 0 Å². The first-order chi connectivity index (χ1) is 9.88. The molecule has 1 amide bonds. The average molecular weight is 371 g/mol. The summed E-state index contributed by atoms with van der Waals surface area (Å²) in [7, 11) is 0. The molecule has 0 spiro atoms. The molecule has 2 rings (SSSR count). The van der Waals surface area contributed by atoms with Gasteiger partial charge in [-0.1, -0.05) is 11.6 Å². The molecule has 0 aromatic heterocycles. The van der Waals surface area contributed by atoms with E-state index in [1.807, 2.05) is 0 Å².